The van der Waals surface area contributed by atoms with Crippen LogP contribution in [0.1, 0.15) is 68.3 Å². The Morgan fingerprint density at radius 3 is 2.65 bits per heavy atom. The number of halogens is 3. The van der Waals surface area contributed by atoms with Crippen LogP contribution in [-0.4, -0.2) is 47.3 Å². The van der Waals surface area contributed by atoms with Gasteiger partial charge >= 0.3 is 6.18 Å². The predicted octanol–water partition coefficient (Wildman–Crippen LogP) is 4.72. The van der Waals surface area contributed by atoms with Crippen molar-refractivity contribution in [1.82, 2.24) is 15.0 Å². The van der Waals surface area contributed by atoms with Crippen molar-refractivity contribution < 1.29 is 27.2 Å². The van der Waals surface area contributed by atoms with E-state index in [2.05, 4.69) is 10.1 Å². The molecular formula is C22H28F3N3O3. The zero-order valence-corrected chi connectivity index (χ0v) is 17.9. The van der Waals surface area contributed by atoms with Crippen LogP contribution in [0.3, 0.4) is 0 Å². The third-order valence-corrected chi connectivity index (χ3v) is 6.70. The third kappa shape index (κ3) is 4.42. The molecule has 2 aromatic rings. The van der Waals surface area contributed by atoms with Gasteiger partial charge in [0.2, 0.25) is 5.91 Å². The Morgan fingerprint density at radius 1 is 1.26 bits per heavy atom. The summed E-state index contributed by atoms with van der Waals surface area (Å²) < 4.78 is 51.9. The number of rotatable bonds is 4. The van der Waals surface area contributed by atoms with E-state index in [9.17, 15) is 18.0 Å². The molecule has 0 N–H and O–H groups in total. The summed E-state index contributed by atoms with van der Waals surface area (Å²) in [6.07, 6.45) is 0.669. The number of alkyl halides is 3. The number of amides is 1. The van der Waals surface area contributed by atoms with E-state index in [-0.39, 0.29) is 34.9 Å². The first kappa shape index (κ1) is 22.0. The molecule has 0 radical (unpaired) electrons. The van der Waals surface area contributed by atoms with Crippen LogP contribution in [0, 0.1) is 5.92 Å². The predicted molar refractivity (Wildman–Crippen MR) is 107 cm³/mol. The molecule has 2 aliphatic rings. The van der Waals surface area contributed by atoms with E-state index >= 15 is 0 Å². The Labute approximate surface area is 179 Å². The molecule has 0 unspecified atom stereocenters. The van der Waals surface area contributed by atoms with Crippen LogP contribution in [0.25, 0.3) is 11.1 Å². The van der Waals surface area contributed by atoms with Gasteiger partial charge in [0.05, 0.1) is 22.7 Å². The summed E-state index contributed by atoms with van der Waals surface area (Å²) in [6, 6.07) is 1.09. The average molecular weight is 439 g/mol. The van der Waals surface area contributed by atoms with Crippen LogP contribution < -0.4 is 0 Å². The lowest BCUT2D eigenvalue weighted by Gasteiger charge is -2.36. The molecule has 3 heterocycles. The summed E-state index contributed by atoms with van der Waals surface area (Å²) in [6.45, 7) is 2.77. The molecule has 170 valence electrons. The van der Waals surface area contributed by atoms with Crippen LogP contribution in [0.15, 0.2) is 10.6 Å². The summed E-state index contributed by atoms with van der Waals surface area (Å²) in [4.78, 5) is 19.0. The summed E-state index contributed by atoms with van der Waals surface area (Å²) in [5.74, 6) is -0.0918. The Bertz CT molecular complexity index is 935. The molecule has 2 aromatic heterocycles. The molecule has 1 saturated carbocycles. The van der Waals surface area contributed by atoms with E-state index in [4.69, 9.17) is 9.26 Å². The molecule has 2 fully saturated rings. The number of piperidine rings is 1. The van der Waals surface area contributed by atoms with Gasteiger partial charge in [0, 0.05) is 37.7 Å². The molecular weight excluding hydrogens is 411 g/mol. The largest absolute Gasteiger partial charge is 0.417 e. The van der Waals surface area contributed by atoms with Gasteiger partial charge in [-0.25, -0.2) is 4.98 Å². The molecule has 0 bridgehead atoms. The maximum Gasteiger partial charge on any atom is 0.417 e. The van der Waals surface area contributed by atoms with Crippen LogP contribution in [0.2, 0.25) is 0 Å². The number of ether oxygens (including phenoxy) is 1. The van der Waals surface area contributed by atoms with Gasteiger partial charge in [0.25, 0.3) is 5.71 Å². The number of aromatic nitrogens is 2. The molecule has 1 aliphatic carbocycles. The SMILES string of the molecule is CCc1cc(C(F)(F)F)c2c(C3CCN(C(=O)[C@H]4CCC[C@H](OC)C4)CC3)noc2n1. The highest BCUT2D eigenvalue weighted by Crippen LogP contribution is 2.41. The van der Waals surface area contributed by atoms with Gasteiger partial charge in [-0.05, 0) is 44.6 Å². The molecule has 1 saturated heterocycles. The van der Waals surface area contributed by atoms with Crippen molar-refractivity contribution in [3.8, 4) is 0 Å². The Balaban J connectivity index is 1.51. The van der Waals surface area contributed by atoms with Gasteiger partial charge in [-0.3, -0.25) is 4.79 Å². The normalized spacial score (nSPS) is 23.5. The molecule has 1 amide bonds. The highest BCUT2D eigenvalue weighted by Gasteiger charge is 2.38. The summed E-state index contributed by atoms with van der Waals surface area (Å²) in [5.41, 5.74) is -0.170. The summed E-state index contributed by atoms with van der Waals surface area (Å²) >= 11 is 0. The smallest absolute Gasteiger partial charge is 0.381 e. The molecule has 2 atom stereocenters. The van der Waals surface area contributed by atoms with Gasteiger partial charge in [0.1, 0.15) is 0 Å². The fraction of sp³-hybridized carbons (Fsp3) is 0.682. The summed E-state index contributed by atoms with van der Waals surface area (Å²) in [5, 5.41) is 3.95. The van der Waals surface area contributed by atoms with Gasteiger partial charge in [-0.2, -0.15) is 13.2 Å². The van der Waals surface area contributed by atoms with Crippen molar-refractivity contribution >= 4 is 17.0 Å². The van der Waals surface area contributed by atoms with Crippen molar-refractivity contribution in [2.75, 3.05) is 20.2 Å². The minimum atomic E-state index is -4.51. The number of hydrogen-bond acceptors (Lipinski definition) is 5. The minimum absolute atomic E-state index is 0.0309. The van der Waals surface area contributed by atoms with E-state index < -0.39 is 11.7 Å². The molecule has 4 rings (SSSR count). The van der Waals surface area contributed by atoms with Gasteiger partial charge < -0.3 is 14.2 Å². The van der Waals surface area contributed by atoms with Crippen LogP contribution >= 0.6 is 0 Å². The Hall–Kier alpha value is -2.16. The fourth-order valence-corrected chi connectivity index (χ4v) is 4.92. The fourth-order valence-electron chi connectivity index (χ4n) is 4.92. The topological polar surface area (TPSA) is 68.5 Å². The molecule has 6 nitrogen and oxygen atoms in total. The minimum Gasteiger partial charge on any atom is -0.381 e. The van der Waals surface area contributed by atoms with E-state index in [0.29, 0.717) is 43.7 Å². The molecule has 1 aliphatic heterocycles. The van der Waals surface area contributed by atoms with E-state index in [1.54, 1.807) is 14.0 Å². The maximum absolute atomic E-state index is 13.7. The Morgan fingerprint density at radius 2 is 2.00 bits per heavy atom. The molecule has 0 spiro atoms. The van der Waals surface area contributed by atoms with Gasteiger partial charge in [0.15, 0.2) is 0 Å². The van der Waals surface area contributed by atoms with Gasteiger partial charge in [-0.1, -0.05) is 18.5 Å². The van der Waals surface area contributed by atoms with Crippen molar-refractivity contribution in [2.45, 2.75) is 70.1 Å². The average Bonchev–Trinajstić information content (AvgIpc) is 3.21. The highest BCUT2D eigenvalue weighted by molar-refractivity contribution is 5.82. The van der Waals surface area contributed by atoms with Crippen LogP contribution in [-0.2, 0) is 22.1 Å². The standard InChI is InChI=1S/C22H28F3N3O3/c1-3-15-12-17(22(23,24)25)18-19(27-31-20(18)26-15)13-7-9-28(10-8-13)21(29)14-5-4-6-16(11-14)30-2/h12-14,16H,3-11H2,1-2H3/t14-,16-/m0/s1. The monoisotopic (exact) mass is 439 g/mol. The second-order valence-electron chi connectivity index (χ2n) is 8.58. The number of pyridine rings is 1. The summed E-state index contributed by atoms with van der Waals surface area (Å²) in [7, 11) is 1.68. The highest BCUT2D eigenvalue weighted by atomic mass is 19.4. The number of carbonyl (C=O) groups is 1. The number of methoxy groups -OCH3 is 1. The first-order valence-electron chi connectivity index (χ1n) is 11.0. The first-order valence-corrected chi connectivity index (χ1v) is 11.0. The molecule has 0 aromatic carbocycles. The van der Waals surface area contributed by atoms with Crippen LogP contribution in [0.4, 0.5) is 13.2 Å². The van der Waals surface area contributed by atoms with Crippen molar-refractivity contribution in [3.63, 3.8) is 0 Å². The number of hydrogen-bond donors (Lipinski definition) is 0. The van der Waals surface area contributed by atoms with E-state index in [1.165, 1.54) is 0 Å². The number of fused-ring (bicyclic) bond motifs is 1. The van der Waals surface area contributed by atoms with Crippen molar-refractivity contribution in [1.29, 1.82) is 0 Å². The number of likely N-dealkylation sites (tertiary alicyclic amines) is 1. The maximum atomic E-state index is 13.7. The van der Waals surface area contributed by atoms with E-state index in [1.807, 2.05) is 4.90 Å². The van der Waals surface area contributed by atoms with Crippen molar-refractivity contribution in [3.05, 3.63) is 23.0 Å². The number of nitrogens with zero attached hydrogens (tertiary/aromatic N) is 3. The van der Waals surface area contributed by atoms with Gasteiger partial charge in [-0.15, -0.1) is 0 Å². The first-order chi connectivity index (χ1) is 14.8. The lowest BCUT2D eigenvalue weighted by atomic mass is 9.85. The zero-order valence-electron chi connectivity index (χ0n) is 17.9. The van der Waals surface area contributed by atoms with Crippen molar-refractivity contribution in [2.24, 2.45) is 5.92 Å². The Kier molecular flexibility index (Phi) is 6.23. The van der Waals surface area contributed by atoms with Crippen LogP contribution in [0.5, 0.6) is 0 Å². The molecule has 9 heteroatoms. The zero-order chi connectivity index (χ0) is 22.2. The number of aryl methyl sites for hydroxylation is 1. The number of carbonyl (C=O) groups excluding carboxylic acids is 1. The second-order valence-corrected chi connectivity index (χ2v) is 8.58. The molecule has 31 heavy (non-hydrogen) atoms. The quantitative estimate of drug-likeness (QED) is 0.690. The second kappa shape index (κ2) is 8.76. The lowest BCUT2D eigenvalue weighted by molar-refractivity contribution is -0.139. The lowest BCUT2D eigenvalue weighted by Crippen LogP contribution is -2.43. The van der Waals surface area contributed by atoms with E-state index in [0.717, 1.165) is 31.7 Å². The third-order valence-electron chi connectivity index (χ3n) is 6.70.